The summed E-state index contributed by atoms with van der Waals surface area (Å²) < 4.78 is 18.2. The summed E-state index contributed by atoms with van der Waals surface area (Å²) in [4.78, 5) is 11.7. The zero-order valence-electron chi connectivity index (χ0n) is 11.7. The number of ether oxygens (including phenoxy) is 1. The first-order valence-electron chi connectivity index (χ1n) is 6.87. The largest absolute Gasteiger partial charge is 0.375 e. The number of benzene rings is 2. The summed E-state index contributed by atoms with van der Waals surface area (Å²) in [6, 6.07) is 15.8. The molecule has 0 fully saturated rings. The molecule has 2 aromatic carbocycles. The average molecular weight is 287 g/mol. The summed E-state index contributed by atoms with van der Waals surface area (Å²) in [5, 5.41) is 2.77. The van der Waals surface area contributed by atoms with Gasteiger partial charge < -0.3 is 10.1 Å². The molecule has 0 bridgehead atoms. The van der Waals surface area contributed by atoms with Gasteiger partial charge in [0.05, 0.1) is 19.6 Å². The Kier molecular flexibility index (Phi) is 5.91. The molecule has 0 atom stereocenters. The van der Waals surface area contributed by atoms with Crippen molar-refractivity contribution in [1.82, 2.24) is 5.32 Å². The zero-order chi connectivity index (χ0) is 14.9. The molecule has 1 amide bonds. The minimum Gasteiger partial charge on any atom is -0.375 e. The van der Waals surface area contributed by atoms with E-state index in [1.165, 1.54) is 12.1 Å². The van der Waals surface area contributed by atoms with Gasteiger partial charge in [0.2, 0.25) is 5.91 Å². The molecule has 0 heterocycles. The van der Waals surface area contributed by atoms with E-state index in [2.05, 4.69) is 5.32 Å². The Morgan fingerprint density at radius 3 is 2.43 bits per heavy atom. The minimum atomic E-state index is -0.298. The third-order valence-electron chi connectivity index (χ3n) is 2.96. The summed E-state index contributed by atoms with van der Waals surface area (Å²) in [7, 11) is 0. The number of rotatable bonds is 7. The fraction of sp³-hybridized carbons (Fsp3) is 0.235. The molecule has 0 unspecified atom stereocenters. The van der Waals surface area contributed by atoms with Gasteiger partial charge in [-0.15, -0.1) is 0 Å². The molecule has 110 valence electrons. The van der Waals surface area contributed by atoms with Crippen molar-refractivity contribution in [2.24, 2.45) is 0 Å². The van der Waals surface area contributed by atoms with E-state index in [0.29, 0.717) is 19.8 Å². The van der Waals surface area contributed by atoms with E-state index in [1.54, 1.807) is 12.1 Å². The highest BCUT2D eigenvalue weighted by Gasteiger charge is 2.03. The van der Waals surface area contributed by atoms with Crippen molar-refractivity contribution in [2.75, 3.05) is 13.2 Å². The average Bonchev–Trinajstić information content (AvgIpc) is 2.50. The van der Waals surface area contributed by atoms with E-state index >= 15 is 0 Å². The Morgan fingerprint density at radius 1 is 1.00 bits per heavy atom. The maximum Gasteiger partial charge on any atom is 0.224 e. The molecule has 0 aliphatic heterocycles. The van der Waals surface area contributed by atoms with Crippen LogP contribution < -0.4 is 5.32 Å². The van der Waals surface area contributed by atoms with Crippen LogP contribution in [0.25, 0.3) is 0 Å². The van der Waals surface area contributed by atoms with Crippen LogP contribution in [-0.2, 0) is 22.6 Å². The van der Waals surface area contributed by atoms with E-state index in [9.17, 15) is 9.18 Å². The van der Waals surface area contributed by atoms with Gasteiger partial charge in [-0.1, -0.05) is 42.5 Å². The van der Waals surface area contributed by atoms with Gasteiger partial charge in [0, 0.05) is 6.54 Å². The maximum atomic E-state index is 12.7. The quantitative estimate of drug-likeness (QED) is 0.795. The molecule has 3 nitrogen and oxygen atoms in total. The standard InChI is InChI=1S/C17H18FNO2/c18-16-8-6-14(7-9-16)12-17(20)19-10-11-21-13-15-4-2-1-3-5-15/h1-9H,10-13H2,(H,19,20). The van der Waals surface area contributed by atoms with Crippen LogP contribution in [0.4, 0.5) is 4.39 Å². The van der Waals surface area contributed by atoms with Gasteiger partial charge in [-0.2, -0.15) is 0 Å². The van der Waals surface area contributed by atoms with Crippen molar-refractivity contribution in [2.45, 2.75) is 13.0 Å². The van der Waals surface area contributed by atoms with E-state index in [0.717, 1.165) is 11.1 Å². The van der Waals surface area contributed by atoms with Crippen LogP contribution in [0.3, 0.4) is 0 Å². The Hall–Kier alpha value is -2.20. The van der Waals surface area contributed by atoms with Crippen LogP contribution in [0.5, 0.6) is 0 Å². The van der Waals surface area contributed by atoms with Gasteiger partial charge in [0.1, 0.15) is 5.82 Å². The second-order valence-electron chi connectivity index (χ2n) is 4.69. The number of carbonyl (C=O) groups is 1. The fourth-order valence-electron chi connectivity index (χ4n) is 1.88. The lowest BCUT2D eigenvalue weighted by Crippen LogP contribution is -2.28. The first kappa shape index (κ1) is 15.2. The third-order valence-corrected chi connectivity index (χ3v) is 2.96. The van der Waals surface area contributed by atoms with E-state index in [1.807, 2.05) is 30.3 Å². The van der Waals surface area contributed by atoms with Crippen LogP contribution in [0, 0.1) is 5.82 Å². The monoisotopic (exact) mass is 287 g/mol. The lowest BCUT2D eigenvalue weighted by molar-refractivity contribution is -0.120. The van der Waals surface area contributed by atoms with Crippen LogP contribution in [-0.4, -0.2) is 19.1 Å². The lowest BCUT2D eigenvalue weighted by atomic mass is 10.1. The molecular formula is C17H18FNO2. The van der Waals surface area contributed by atoms with Gasteiger partial charge in [0.15, 0.2) is 0 Å². The van der Waals surface area contributed by atoms with Gasteiger partial charge >= 0.3 is 0 Å². The summed E-state index contributed by atoms with van der Waals surface area (Å²) in [6.45, 7) is 1.46. The second-order valence-corrected chi connectivity index (χ2v) is 4.69. The van der Waals surface area contributed by atoms with Crippen LogP contribution >= 0.6 is 0 Å². The van der Waals surface area contributed by atoms with Crippen molar-refractivity contribution in [3.63, 3.8) is 0 Å². The normalized spacial score (nSPS) is 10.3. The van der Waals surface area contributed by atoms with E-state index < -0.39 is 0 Å². The number of halogens is 1. The van der Waals surface area contributed by atoms with Crippen molar-refractivity contribution in [1.29, 1.82) is 0 Å². The second kappa shape index (κ2) is 8.17. The summed E-state index contributed by atoms with van der Waals surface area (Å²) in [6.07, 6.45) is 0.249. The summed E-state index contributed by atoms with van der Waals surface area (Å²) in [5.74, 6) is -0.390. The Balaban J connectivity index is 1.60. The fourth-order valence-corrected chi connectivity index (χ4v) is 1.88. The minimum absolute atomic E-state index is 0.0927. The highest BCUT2D eigenvalue weighted by molar-refractivity contribution is 5.78. The smallest absolute Gasteiger partial charge is 0.224 e. The molecule has 0 spiro atoms. The van der Waals surface area contributed by atoms with Crippen molar-refractivity contribution in [3.05, 3.63) is 71.5 Å². The van der Waals surface area contributed by atoms with Gasteiger partial charge in [-0.25, -0.2) is 4.39 Å². The summed E-state index contributed by atoms with van der Waals surface area (Å²) >= 11 is 0. The number of hydrogen-bond acceptors (Lipinski definition) is 2. The molecule has 2 rings (SSSR count). The molecule has 0 aromatic heterocycles. The SMILES string of the molecule is O=C(Cc1ccc(F)cc1)NCCOCc1ccccc1. The first-order chi connectivity index (χ1) is 10.2. The highest BCUT2D eigenvalue weighted by Crippen LogP contribution is 2.03. The van der Waals surface area contributed by atoms with Gasteiger partial charge in [0.25, 0.3) is 0 Å². The Morgan fingerprint density at radius 2 is 1.71 bits per heavy atom. The molecular weight excluding hydrogens is 269 g/mol. The Labute approximate surface area is 123 Å². The van der Waals surface area contributed by atoms with Crippen LogP contribution in [0.2, 0.25) is 0 Å². The molecule has 0 radical (unpaired) electrons. The molecule has 0 saturated carbocycles. The first-order valence-corrected chi connectivity index (χ1v) is 6.87. The van der Waals surface area contributed by atoms with Crippen molar-refractivity contribution < 1.29 is 13.9 Å². The molecule has 0 aliphatic rings. The lowest BCUT2D eigenvalue weighted by Gasteiger charge is -2.07. The van der Waals surface area contributed by atoms with Crippen molar-refractivity contribution in [3.8, 4) is 0 Å². The van der Waals surface area contributed by atoms with E-state index in [4.69, 9.17) is 4.74 Å². The zero-order valence-corrected chi connectivity index (χ0v) is 11.7. The molecule has 0 aliphatic carbocycles. The predicted octanol–water partition coefficient (Wildman–Crippen LogP) is 2.70. The topological polar surface area (TPSA) is 38.3 Å². The Bertz CT molecular complexity index is 555. The van der Waals surface area contributed by atoms with Crippen LogP contribution in [0.1, 0.15) is 11.1 Å². The van der Waals surface area contributed by atoms with E-state index in [-0.39, 0.29) is 18.1 Å². The van der Waals surface area contributed by atoms with Crippen molar-refractivity contribution >= 4 is 5.91 Å². The highest BCUT2D eigenvalue weighted by atomic mass is 19.1. The predicted molar refractivity (Wildman–Crippen MR) is 79.2 cm³/mol. The number of nitrogens with one attached hydrogen (secondary N) is 1. The number of amides is 1. The number of hydrogen-bond donors (Lipinski definition) is 1. The number of carbonyl (C=O) groups excluding carboxylic acids is 1. The molecule has 4 heteroatoms. The summed E-state index contributed by atoms with van der Waals surface area (Å²) in [5.41, 5.74) is 1.90. The van der Waals surface area contributed by atoms with Gasteiger partial charge in [-0.3, -0.25) is 4.79 Å². The van der Waals surface area contributed by atoms with Gasteiger partial charge in [-0.05, 0) is 23.3 Å². The van der Waals surface area contributed by atoms with Crippen LogP contribution in [0.15, 0.2) is 54.6 Å². The maximum absolute atomic E-state index is 12.7. The molecule has 1 N–H and O–H groups in total. The molecule has 2 aromatic rings. The third kappa shape index (κ3) is 5.75. The molecule has 21 heavy (non-hydrogen) atoms. The molecule has 0 saturated heterocycles.